The van der Waals surface area contributed by atoms with E-state index in [1.54, 1.807) is 6.20 Å². The lowest BCUT2D eigenvalue weighted by molar-refractivity contribution is -0.148. The van der Waals surface area contributed by atoms with Crippen LogP contribution in [0.1, 0.15) is 41.5 Å². The lowest BCUT2D eigenvalue weighted by Gasteiger charge is -2.33. The minimum atomic E-state index is -0.110. The summed E-state index contributed by atoms with van der Waals surface area (Å²) in [4.78, 5) is 38.7. The first-order valence-corrected chi connectivity index (χ1v) is 11.7. The Kier molecular flexibility index (Phi) is 5.94. The van der Waals surface area contributed by atoms with E-state index in [2.05, 4.69) is 22.0 Å². The van der Waals surface area contributed by atoms with E-state index in [4.69, 9.17) is 9.72 Å². The van der Waals surface area contributed by atoms with Gasteiger partial charge in [-0.25, -0.2) is 0 Å². The van der Waals surface area contributed by atoms with Gasteiger partial charge in [-0.05, 0) is 38.0 Å². The number of anilines is 1. The van der Waals surface area contributed by atoms with Crippen LogP contribution < -0.4 is 4.90 Å². The molecule has 1 saturated heterocycles. The first-order chi connectivity index (χ1) is 16.1. The van der Waals surface area contributed by atoms with E-state index >= 15 is 0 Å². The maximum absolute atomic E-state index is 13.3. The molecule has 170 valence electrons. The van der Waals surface area contributed by atoms with Gasteiger partial charge in [-0.1, -0.05) is 24.3 Å². The highest BCUT2D eigenvalue weighted by Crippen LogP contribution is 2.33. The Bertz CT molecular complexity index is 1190. The highest BCUT2D eigenvalue weighted by molar-refractivity contribution is 6.03. The van der Waals surface area contributed by atoms with E-state index < -0.39 is 0 Å². The van der Waals surface area contributed by atoms with Crippen molar-refractivity contribution in [3.8, 4) is 0 Å². The number of esters is 1. The van der Waals surface area contributed by atoms with Crippen molar-refractivity contribution in [1.82, 2.24) is 14.9 Å². The van der Waals surface area contributed by atoms with Gasteiger partial charge in [-0.2, -0.15) is 0 Å². The summed E-state index contributed by atoms with van der Waals surface area (Å²) >= 11 is 0. The van der Waals surface area contributed by atoms with E-state index in [0.717, 1.165) is 53.9 Å². The van der Waals surface area contributed by atoms with E-state index in [0.29, 0.717) is 31.7 Å². The van der Waals surface area contributed by atoms with Crippen LogP contribution in [0.5, 0.6) is 0 Å². The first-order valence-electron chi connectivity index (χ1n) is 11.7. The molecule has 7 nitrogen and oxygen atoms in total. The summed E-state index contributed by atoms with van der Waals surface area (Å²) in [5.74, 6) is -0.138. The zero-order valence-electron chi connectivity index (χ0n) is 18.9. The van der Waals surface area contributed by atoms with Gasteiger partial charge in [0.2, 0.25) is 0 Å². The van der Waals surface area contributed by atoms with Crippen molar-refractivity contribution in [2.45, 2.75) is 32.7 Å². The van der Waals surface area contributed by atoms with Gasteiger partial charge in [0, 0.05) is 43.3 Å². The first kappa shape index (κ1) is 21.4. The molecule has 7 heteroatoms. The second-order valence-electron chi connectivity index (χ2n) is 8.64. The lowest BCUT2D eigenvalue weighted by atomic mass is 9.96. The number of fused-ring (bicyclic) bond motifs is 2. The van der Waals surface area contributed by atoms with Crippen molar-refractivity contribution in [3.05, 3.63) is 65.6 Å². The number of piperidine rings is 1. The predicted molar refractivity (Wildman–Crippen MR) is 126 cm³/mol. The maximum atomic E-state index is 13.3. The quantitative estimate of drug-likeness (QED) is 0.541. The summed E-state index contributed by atoms with van der Waals surface area (Å²) < 4.78 is 5.18. The van der Waals surface area contributed by atoms with E-state index in [1.807, 2.05) is 42.2 Å². The molecular formula is C26H28N4O3. The third kappa shape index (κ3) is 4.27. The molecule has 2 aliphatic rings. The fraction of sp³-hybridized carbons (Fsp3) is 0.385. The van der Waals surface area contributed by atoms with Crippen molar-refractivity contribution >= 4 is 28.5 Å². The fourth-order valence-corrected chi connectivity index (χ4v) is 4.81. The van der Waals surface area contributed by atoms with Crippen LogP contribution in [0, 0.1) is 5.92 Å². The average molecular weight is 445 g/mol. The molecule has 2 aliphatic heterocycles. The van der Waals surface area contributed by atoms with Gasteiger partial charge in [0.15, 0.2) is 0 Å². The van der Waals surface area contributed by atoms with Gasteiger partial charge < -0.3 is 14.5 Å². The standard InChI is InChI=1S/C26H28N4O3/c1-2-33-26(32)19-10-14-29(15-11-19)23-9-13-27-22-17-30(25(31)24(22)23)16-12-20-8-7-18-5-3-4-6-21(18)28-20/h3-9,13,19H,2,10-12,14-17H2,1H3. The molecule has 0 saturated carbocycles. The SMILES string of the molecule is CCOC(=O)C1CCN(c2ccnc3c2C(=O)N(CCc2ccc4ccccc4n2)C3)CC1. The van der Waals surface area contributed by atoms with Crippen LogP contribution in [0.15, 0.2) is 48.7 Å². The maximum Gasteiger partial charge on any atom is 0.309 e. The second-order valence-corrected chi connectivity index (χ2v) is 8.64. The van der Waals surface area contributed by atoms with Gasteiger partial charge in [0.25, 0.3) is 5.91 Å². The Morgan fingerprint density at radius 3 is 2.76 bits per heavy atom. The molecule has 5 rings (SSSR count). The summed E-state index contributed by atoms with van der Waals surface area (Å²) in [5.41, 5.74) is 4.42. The molecule has 1 aromatic carbocycles. The summed E-state index contributed by atoms with van der Waals surface area (Å²) in [6, 6.07) is 14.1. The molecule has 2 aromatic heterocycles. The highest BCUT2D eigenvalue weighted by atomic mass is 16.5. The Morgan fingerprint density at radius 2 is 1.94 bits per heavy atom. The summed E-state index contributed by atoms with van der Waals surface area (Å²) in [6.07, 6.45) is 3.96. The second kappa shape index (κ2) is 9.17. The third-order valence-electron chi connectivity index (χ3n) is 6.60. The minimum Gasteiger partial charge on any atom is -0.466 e. The molecule has 33 heavy (non-hydrogen) atoms. The van der Waals surface area contributed by atoms with E-state index in [1.165, 1.54) is 0 Å². The normalized spacial score (nSPS) is 16.3. The lowest BCUT2D eigenvalue weighted by Crippen LogP contribution is -2.38. The predicted octanol–water partition coefficient (Wildman–Crippen LogP) is 3.61. The number of hydrogen-bond acceptors (Lipinski definition) is 6. The van der Waals surface area contributed by atoms with Crippen LogP contribution >= 0.6 is 0 Å². The number of carbonyl (C=O) groups is 2. The molecule has 0 bridgehead atoms. The molecular weight excluding hydrogens is 416 g/mol. The number of hydrogen-bond donors (Lipinski definition) is 0. The molecule has 0 N–H and O–H groups in total. The topological polar surface area (TPSA) is 75.6 Å². The van der Waals surface area contributed by atoms with Gasteiger partial charge in [-0.3, -0.25) is 19.6 Å². The van der Waals surface area contributed by atoms with Crippen LogP contribution in [-0.4, -0.2) is 53.0 Å². The van der Waals surface area contributed by atoms with Crippen LogP contribution in [0.2, 0.25) is 0 Å². The molecule has 0 spiro atoms. The molecule has 1 amide bonds. The number of aromatic nitrogens is 2. The number of para-hydroxylation sites is 1. The molecule has 0 radical (unpaired) electrons. The van der Waals surface area contributed by atoms with Gasteiger partial charge in [-0.15, -0.1) is 0 Å². The molecule has 4 heterocycles. The minimum absolute atomic E-state index is 0.0291. The van der Waals surface area contributed by atoms with Crippen molar-refractivity contribution in [2.75, 3.05) is 31.1 Å². The average Bonchev–Trinajstić information content (AvgIpc) is 3.18. The molecule has 1 fully saturated rings. The number of carbonyl (C=O) groups excluding carboxylic acids is 2. The smallest absolute Gasteiger partial charge is 0.309 e. The van der Waals surface area contributed by atoms with Gasteiger partial charge >= 0.3 is 5.97 Å². The Labute approximate surface area is 193 Å². The van der Waals surface area contributed by atoms with Gasteiger partial charge in [0.1, 0.15) is 0 Å². The third-order valence-corrected chi connectivity index (χ3v) is 6.60. The van der Waals surface area contributed by atoms with Crippen molar-refractivity contribution in [3.63, 3.8) is 0 Å². The zero-order valence-corrected chi connectivity index (χ0v) is 18.9. The van der Waals surface area contributed by atoms with E-state index in [9.17, 15) is 9.59 Å². The number of pyridine rings is 2. The number of benzene rings is 1. The number of ether oxygens (including phenoxy) is 1. The largest absolute Gasteiger partial charge is 0.466 e. The zero-order chi connectivity index (χ0) is 22.8. The Hall–Kier alpha value is -3.48. The number of nitrogens with zero attached hydrogens (tertiary/aromatic N) is 4. The summed E-state index contributed by atoms with van der Waals surface area (Å²) in [7, 11) is 0. The number of rotatable bonds is 6. The monoisotopic (exact) mass is 444 g/mol. The van der Waals surface area contributed by atoms with Crippen LogP contribution in [0.3, 0.4) is 0 Å². The van der Waals surface area contributed by atoms with Crippen molar-refractivity contribution in [1.29, 1.82) is 0 Å². The van der Waals surface area contributed by atoms with E-state index in [-0.39, 0.29) is 17.8 Å². The van der Waals surface area contributed by atoms with Crippen molar-refractivity contribution in [2.24, 2.45) is 5.92 Å². The Morgan fingerprint density at radius 1 is 1.12 bits per heavy atom. The number of amides is 1. The summed E-state index contributed by atoms with van der Waals surface area (Å²) in [5, 5.41) is 1.12. The van der Waals surface area contributed by atoms with Crippen LogP contribution in [0.4, 0.5) is 5.69 Å². The highest BCUT2D eigenvalue weighted by Gasteiger charge is 2.34. The summed E-state index contributed by atoms with van der Waals surface area (Å²) in [6.45, 7) is 4.83. The molecule has 3 aromatic rings. The van der Waals surface area contributed by atoms with Crippen LogP contribution in [-0.2, 0) is 22.5 Å². The Balaban J connectivity index is 1.26. The molecule has 0 aliphatic carbocycles. The molecule has 0 atom stereocenters. The van der Waals surface area contributed by atoms with Crippen molar-refractivity contribution < 1.29 is 14.3 Å². The fourth-order valence-electron chi connectivity index (χ4n) is 4.81. The van der Waals surface area contributed by atoms with Gasteiger partial charge in [0.05, 0.1) is 41.5 Å². The molecule has 0 unspecified atom stereocenters. The van der Waals surface area contributed by atoms with Crippen LogP contribution in [0.25, 0.3) is 10.9 Å².